The Morgan fingerprint density at radius 3 is 2.58 bits per heavy atom. The van der Waals surface area contributed by atoms with E-state index in [9.17, 15) is 4.79 Å². The largest absolute Gasteiger partial charge is 0.478 e. The second kappa shape index (κ2) is 8.00. The van der Waals surface area contributed by atoms with Crippen LogP contribution in [0.15, 0.2) is 47.6 Å². The molecule has 128 valence electrons. The first-order valence-corrected chi connectivity index (χ1v) is 8.54. The number of hydrogen-bond donors (Lipinski definition) is 1. The van der Waals surface area contributed by atoms with Gasteiger partial charge in [-0.05, 0) is 69.4 Å². The smallest absolute Gasteiger partial charge is 0.328 e. The minimum Gasteiger partial charge on any atom is -0.478 e. The van der Waals surface area contributed by atoms with Gasteiger partial charge in [-0.15, -0.1) is 0 Å². The van der Waals surface area contributed by atoms with E-state index in [2.05, 4.69) is 43.0 Å². The summed E-state index contributed by atoms with van der Waals surface area (Å²) in [6.45, 7) is 9.44. The predicted octanol–water partition coefficient (Wildman–Crippen LogP) is 4.84. The van der Waals surface area contributed by atoms with Crippen molar-refractivity contribution in [1.29, 1.82) is 0 Å². The third-order valence-corrected chi connectivity index (χ3v) is 4.24. The molecule has 1 aromatic carbocycles. The fourth-order valence-corrected chi connectivity index (χ4v) is 3.09. The van der Waals surface area contributed by atoms with Gasteiger partial charge in [0.25, 0.3) is 0 Å². The van der Waals surface area contributed by atoms with E-state index >= 15 is 0 Å². The van der Waals surface area contributed by atoms with Crippen molar-refractivity contribution in [3.8, 4) is 0 Å². The number of carboxylic acid groups (broad SMARTS) is 1. The molecule has 0 aromatic heterocycles. The summed E-state index contributed by atoms with van der Waals surface area (Å²) in [6.07, 6.45) is 9.47. The van der Waals surface area contributed by atoms with Gasteiger partial charge in [-0.25, -0.2) is 4.79 Å². The van der Waals surface area contributed by atoms with E-state index in [1.807, 2.05) is 19.1 Å². The third-order valence-electron chi connectivity index (χ3n) is 4.24. The zero-order valence-corrected chi connectivity index (χ0v) is 15.0. The van der Waals surface area contributed by atoms with E-state index in [1.165, 1.54) is 29.3 Å². The molecule has 0 radical (unpaired) electrons. The number of rotatable bonds is 5. The SMILES string of the molecule is CC(/C=C/C(C)=C/c1ccc2c(c1)CCCN2C(C)C)=C\C(=O)O. The molecule has 0 amide bonds. The molecule has 1 aliphatic rings. The first-order valence-electron chi connectivity index (χ1n) is 8.54. The zero-order valence-electron chi connectivity index (χ0n) is 15.0. The maximum Gasteiger partial charge on any atom is 0.328 e. The van der Waals surface area contributed by atoms with Crippen LogP contribution in [0.3, 0.4) is 0 Å². The number of fused-ring (bicyclic) bond motifs is 1. The average molecular weight is 325 g/mol. The maximum absolute atomic E-state index is 10.6. The predicted molar refractivity (Wildman–Crippen MR) is 101 cm³/mol. The van der Waals surface area contributed by atoms with Gasteiger partial charge in [0.05, 0.1) is 0 Å². The summed E-state index contributed by atoms with van der Waals surface area (Å²) in [4.78, 5) is 13.1. The molecule has 0 unspecified atom stereocenters. The number of aliphatic carboxylic acids is 1. The minimum absolute atomic E-state index is 0.527. The molecule has 1 heterocycles. The second-order valence-electron chi connectivity index (χ2n) is 6.73. The number of hydrogen-bond acceptors (Lipinski definition) is 2. The van der Waals surface area contributed by atoms with Crippen LogP contribution in [0.1, 0.15) is 45.2 Å². The van der Waals surface area contributed by atoms with Gasteiger partial charge in [0.2, 0.25) is 0 Å². The summed E-state index contributed by atoms with van der Waals surface area (Å²) < 4.78 is 0. The van der Waals surface area contributed by atoms with Crippen LogP contribution in [-0.4, -0.2) is 23.7 Å². The fraction of sp³-hybridized carbons (Fsp3) is 0.381. The summed E-state index contributed by atoms with van der Waals surface area (Å²) in [5, 5.41) is 8.73. The molecule has 0 saturated heterocycles. The van der Waals surface area contributed by atoms with Crippen LogP contribution < -0.4 is 4.90 Å². The van der Waals surface area contributed by atoms with Gasteiger partial charge in [0, 0.05) is 24.4 Å². The first kappa shape index (κ1) is 18.1. The molecule has 1 N–H and O–H groups in total. The summed E-state index contributed by atoms with van der Waals surface area (Å²) in [7, 11) is 0. The molecular weight excluding hydrogens is 298 g/mol. The van der Waals surface area contributed by atoms with E-state index in [-0.39, 0.29) is 0 Å². The van der Waals surface area contributed by atoms with E-state index in [4.69, 9.17) is 5.11 Å². The van der Waals surface area contributed by atoms with Crippen LogP contribution in [0, 0.1) is 0 Å². The van der Waals surface area contributed by atoms with Gasteiger partial charge in [-0.2, -0.15) is 0 Å². The van der Waals surface area contributed by atoms with E-state index in [0.717, 1.165) is 24.1 Å². The van der Waals surface area contributed by atoms with Crippen molar-refractivity contribution < 1.29 is 9.90 Å². The highest BCUT2D eigenvalue weighted by Gasteiger charge is 2.18. The van der Waals surface area contributed by atoms with Crippen LogP contribution in [0.4, 0.5) is 5.69 Å². The Labute approximate surface area is 145 Å². The van der Waals surface area contributed by atoms with Crippen molar-refractivity contribution in [3.05, 3.63) is 58.7 Å². The molecule has 2 rings (SSSR count). The Bertz CT molecular complexity index is 696. The van der Waals surface area contributed by atoms with Gasteiger partial charge in [-0.3, -0.25) is 0 Å². The molecule has 0 bridgehead atoms. The molecule has 0 atom stereocenters. The van der Waals surface area contributed by atoms with Gasteiger partial charge >= 0.3 is 5.97 Å². The summed E-state index contributed by atoms with van der Waals surface area (Å²) >= 11 is 0. The normalized spacial score (nSPS) is 16.0. The number of nitrogens with zero attached hydrogens (tertiary/aromatic N) is 1. The highest BCUT2D eigenvalue weighted by Crippen LogP contribution is 2.30. The fourth-order valence-electron chi connectivity index (χ4n) is 3.09. The molecule has 3 nitrogen and oxygen atoms in total. The molecule has 1 aromatic rings. The zero-order chi connectivity index (χ0) is 17.7. The highest BCUT2D eigenvalue weighted by atomic mass is 16.4. The molecule has 0 spiro atoms. The second-order valence-corrected chi connectivity index (χ2v) is 6.73. The van der Waals surface area contributed by atoms with Crippen LogP contribution in [-0.2, 0) is 11.2 Å². The molecule has 0 saturated carbocycles. The molecule has 24 heavy (non-hydrogen) atoms. The Balaban J connectivity index is 2.18. The van der Waals surface area contributed by atoms with Crippen LogP contribution in [0.2, 0.25) is 0 Å². The first-order chi connectivity index (χ1) is 11.4. The monoisotopic (exact) mass is 325 g/mol. The number of anilines is 1. The van der Waals surface area contributed by atoms with Crippen LogP contribution >= 0.6 is 0 Å². The molecule has 1 aliphatic heterocycles. The molecular formula is C21H27NO2. The lowest BCUT2D eigenvalue weighted by molar-refractivity contribution is -0.131. The van der Waals surface area contributed by atoms with E-state index in [0.29, 0.717) is 6.04 Å². The van der Waals surface area contributed by atoms with E-state index in [1.54, 1.807) is 6.92 Å². The van der Waals surface area contributed by atoms with Crippen molar-refractivity contribution in [2.24, 2.45) is 0 Å². The Kier molecular flexibility index (Phi) is 6.02. The average Bonchev–Trinajstić information content (AvgIpc) is 2.51. The van der Waals surface area contributed by atoms with Gasteiger partial charge in [0.15, 0.2) is 0 Å². The van der Waals surface area contributed by atoms with Crippen molar-refractivity contribution in [1.82, 2.24) is 0 Å². The van der Waals surface area contributed by atoms with Crippen LogP contribution in [0.25, 0.3) is 6.08 Å². The molecule has 0 aliphatic carbocycles. The Morgan fingerprint density at radius 2 is 1.92 bits per heavy atom. The molecule has 3 heteroatoms. The standard InChI is InChI=1S/C21H27NO2/c1-15(2)22-11-5-6-19-14-18(9-10-20(19)22)12-16(3)7-8-17(4)13-21(23)24/h7-10,12-15H,5-6,11H2,1-4H3,(H,23,24)/b8-7+,16-12+,17-13+. The summed E-state index contributed by atoms with van der Waals surface area (Å²) in [5.41, 5.74) is 5.81. The lowest BCUT2D eigenvalue weighted by Gasteiger charge is -2.34. The maximum atomic E-state index is 10.6. The topological polar surface area (TPSA) is 40.5 Å². The summed E-state index contributed by atoms with van der Waals surface area (Å²) in [6, 6.07) is 7.20. The van der Waals surface area contributed by atoms with Gasteiger partial charge in [-0.1, -0.05) is 29.9 Å². The minimum atomic E-state index is -0.914. The Hall–Kier alpha value is -2.29. The number of aryl methyl sites for hydroxylation is 1. The third kappa shape index (κ3) is 4.85. The number of allylic oxidation sites excluding steroid dienone is 4. The van der Waals surface area contributed by atoms with Gasteiger partial charge < -0.3 is 10.0 Å². The van der Waals surface area contributed by atoms with Crippen molar-refractivity contribution in [2.75, 3.05) is 11.4 Å². The van der Waals surface area contributed by atoms with E-state index < -0.39 is 5.97 Å². The number of benzene rings is 1. The van der Waals surface area contributed by atoms with Crippen molar-refractivity contribution in [3.63, 3.8) is 0 Å². The highest BCUT2D eigenvalue weighted by molar-refractivity contribution is 5.81. The van der Waals surface area contributed by atoms with Crippen LogP contribution in [0.5, 0.6) is 0 Å². The lowest BCUT2D eigenvalue weighted by atomic mass is 9.97. The Morgan fingerprint density at radius 1 is 1.21 bits per heavy atom. The van der Waals surface area contributed by atoms with Gasteiger partial charge in [0.1, 0.15) is 0 Å². The number of carboxylic acids is 1. The summed E-state index contributed by atoms with van der Waals surface area (Å²) in [5.74, 6) is -0.914. The van der Waals surface area contributed by atoms with Crippen molar-refractivity contribution in [2.45, 2.75) is 46.6 Å². The molecule has 0 fully saturated rings. The number of carbonyl (C=O) groups is 1. The van der Waals surface area contributed by atoms with Crippen molar-refractivity contribution >= 4 is 17.7 Å². The lowest BCUT2D eigenvalue weighted by Crippen LogP contribution is -2.35. The quantitative estimate of drug-likeness (QED) is 0.622.